The zero-order valence-electron chi connectivity index (χ0n) is 21.8. The molecule has 0 N–H and O–H groups in total. The lowest BCUT2D eigenvalue weighted by Gasteiger charge is -2.41. The van der Waals surface area contributed by atoms with Crippen molar-refractivity contribution in [2.75, 3.05) is 46.0 Å². The molecule has 0 saturated carbocycles. The van der Waals surface area contributed by atoms with Crippen LogP contribution in [-0.4, -0.2) is 50.7 Å². The Labute approximate surface area is 208 Å². The summed E-state index contributed by atoms with van der Waals surface area (Å²) in [4.78, 5) is 2.56. The fraction of sp³-hybridized carbons (Fsp3) is 0.536. The van der Waals surface area contributed by atoms with Crippen molar-refractivity contribution in [3.63, 3.8) is 0 Å². The van der Waals surface area contributed by atoms with Gasteiger partial charge in [0.05, 0.1) is 49.3 Å². The Hall–Kier alpha value is -2.77. The molecule has 35 heavy (non-hydrogen) atoms. The highest BCUT2D eigenvalue weighted by molar-refractivity contribution is 5.77. The number of aryl methyl sites for hydroxylation is 1. The molecule has 7 nitrogen and oxygen atoms in total. The van der Waals surface area contributed by atoms with Crippen LogP contribution in [0, 0.1) is 5.92 Å². The fourth-order valence-corrected chi connectivity index (χ4v) is 5.43. The molecule has 4 rings (SSSR count). The van der Waals surface area contributed by atoms with Crippen molar-refractivity contribution in [2.24, 2.45) is 5.92 Å². The minimum absolute atomic E-state index is 0.0545. The third kappa shape index (κ3) is 5.11. The molecular weight excluding hydrogens is 442 g/mol. The molecule has 1 aromatic carbocycles. The van der Waals surface area contributed by atoms with Crippen molar-refractivity contribution in [2.45, 2.75) is 52.2 Å². The Morgan fingerprint density at radius 3 is 2.40 bits per heavy atom. The topological polar surface area (TPSA) is 57.5 Å². The van der Waals surface area contributed by atoms with Crippen molar-refractivity contribution in [3.05, 3.63) is 53.3 Å². The summed E-state index contributed by atoms with van der Waals surface area (Å²) in [7, 11) is 5.19. The average Bonchev–Trinajstić information content (AvgIpc) is 3.28. The van der Waals surface area contributed by atoms with Crippen LogP contribution in [0.2, 0.25) is 0 Å². The molecule has 1 aliphatic heterocycles. The molecule has 190 valence electrons. The minimum atomic E-state index is 0.0545. The predicted octanol–water partition coefficient (Wildman–Crippen LogP) is 5.44. The van der Waals surface area contributed by atoms with Crippen molar-refractivity contribution in [1.82, 2.24) is 9.61 Å². The monoisotopic (exact) mass is 481 g/mol. The summed E-state index contributed by atoms with van der Waals surface area (Å²) in [6.45, 7) is 7.35. The Balaban J connectivity index is 1.96. The van der Waals surface area contributed by atoms with Gasteiger partial charge in [-0.25, -0.2) is 4.52 Å². The van der Waals surface area contributed by atoms with E-state index in [0.29, 0.717) is 12.5 Å². The van der Waals surface area contributed by atoms with Gasteiger partial charge >= 0.3 is 0 Å². The van der Waals surface area contributed by atoms with Gasteiger partial charge in [-0.1, -0.05) is 19.9 Å². The molecule has 0 aliphatic carbocycles. The van der Waals surface area contributed by atoms with Crippen molar-refractivity contribution in [3.8, 4) is 11.5 Å². The average molecular weight is 482 g/mol. The molecule has 0 radical (unpaired) electrons. The highest BCUT2D eigenvalue weighted by atomic mass is 16.5. The maximum atomic E-state index is 6.02. The third-order valence-electron chi connectivity index (χ3n) is 6.93. The largest absolute Gasteiger partial charge is 0.496 e. The number of hydrogen-bond acceptors (Lipinski definition) is 6. The van der Waals surface area contributed by atoms with Crippen LogP contribution in [0.15, 0.2) is 36.5 Å². The highest BCUT2D eigenvalue weighted by Gasteiger charge is 2.37. The van der Waals surface area contributed by atoms with E-state index in [0.717, 1.165) is 79.3 Å². The van der Waals surface area contributed by atoms with Gasteiger partial charge in [0, 0.05) is 33.1 Å². The summed E-state index contributed by atoms with van der Waals surface area (Å²) in [6, 6.07) is 10.5. The van der Waals surface area contributed by atoms with Gasteiger partial charge in [0.1, 0.15) is 11.5 Å². The van der Waals surface area contributed by atoms with Gasteiger partial charge in [-0.15, -0.1) is 0 Å². The summed E-state index contributed by atoms with van der Waals surface area (Å²) in [5.41, 5.74) is 5.56. The van der Waals surface area contributed by atoms with Crippen LogP contribution >= 0.6 is 0 Å². The second-order valence-electron chi connectivity index (χ2n) is 9.11. The molecule has 2 aromatic heterocycles. The van der Waals surface area contributed by atoms with Gasteiger partial charge in [-0.2, -0.15) is 5.10 Å². The first-order valence-corrected chi connectivity index (χ1v) is 12.7. The number of benzene rings is 1. The van der Waals surface area contributed by atoms with E-state index < -0.39 is 0 Å². The first kappa shape index (κ1) is 25.3. The Kier molecular flexibility index (Phi) is 8.52. The normalized spacial score (nSPS) is 15.3. The van der Waals surface area contributed by atoms with E-state index in [1.165, 1.54) is 5.69 Å². The lowest BCUT2D eigenvalue weighted by molar-refractivity contribution is 0.0566. The number of nitrogens with zero attached hydrogens (tertiary/aromatic N) is 3. The van der Waals surface area contributed by atoms with E-state index in [4.69, 9.17) is 24.0 Å². The van der Waals surface area contributed by atoms with Crippen LogP contribution in [-0.2, 0) is 22.5 Å². The van der Waals surface area contributed by atoms with E-state index in [1.54, 1.807) is 21.3 Å². The van der Waals surface area contributed by atoms with Crippen LogP contribution < -0.4 is 14.4 Å². The number of aromatic nitrogens is 2. The van der Waals surface area contributed by atoms with E-state index in [9.17, 15) is 0 Å². The second kappa shape index (κ2) is 11.8. The SMILES string of the molecule is CCCN(c1c(CC)nn2ccccc12)C(c1c(OC)cc(COC)cc1OC)C1CCOCC1. The maximum absolute atomic E-state index is 6.02. The van der Waals surface area contributed by atoms with Gasteiger partial charge < -0.3 is 23.8 Å². The molecule has 0 bridgehead atoms. The Morgan fingerprint density at radius 1 is 1.09 bits per heavy atom. The van der Waals surface area contributed by atoms with Gasteiger partial charge in [-0.3, -0.25) is 0 Å². The molecule has 1 aliphatic rings. The minimum Gasteiger partial charge on any atom is -0.496 e. The van der Waals surface area contributed by atoms with Crippen molar-refractivity contribution in [1.29, 1.82) is 0 Å². The summed E-state index contributed by atoms with van der Waals surface area (Å²) < 4.78 is 25.3. The van der Waals surface area contributed by atoms with Gasteiger partial charge in [0.25, 0.3) is 0 Å². The lowest BCUT2D eigenvalue weighted by atomic mass is 9.84. The van der Waals surface area contributed by atoms with Gasteiger partial charge in [0.2, 0.25) is 0 Å². The standard InChI is InChI=1S/C28H39N3O4/c1-6-13-30(28-22(7-2)29-31-14-9-8-10-23(28)31)27(21-11-15-35-16-12-21)26-24(33-4)17-20(19-32-3)18-25(26)34-5/h8-10,14,17-18,21,27H,6-7,11-13,15-16,19H2,1-5H3. The first-order valence-electron chi connectivity index (χ1n) is 12.7. The second-order valence-corrected chi connectivity index (χ2v) is 9.11. The molecule has 3 heterocycles. The smallest absolute Gasteiger partial charge is 0.128 e. The quantitative estimate of drug-likeness (QED) is 0.363. The third-order valence-corrected chi connectivity index (χ3v) is 6.93. The van der Waals surface area contributed by atoms with Crippen LogP contribution in [0.25, 0.3) is 5.52 Å². The Bertz CT molecular complexity index is 1080. The predicted molar refractivity (Wildman–Crippen MR) is 139 cm³/mol. The molecule has 3 aromatic rings. The number of pyridine rings is 1. The summed E-state index contributed by atoms with van der Waals surface area (Å²) in [5.74, 6) is 2.06. The number of rotatable bonds is 11. The van der Waals surface area contributed by atoms with Crippen LogP contribution in [0.4, 0.5) is 5.69 Å². The molecule has 1 saturated heterocycles. The van der Waals surface area contributed by atoms with Crippen LogP contribution in [0.3, 0.4) is 0 Å². The van der Waals surface area contributed by atoms with E-state index >= 15 is 0 Å². The zero-order chi connectivity index (χ0) is 24.8. The molecule has 0 spiro atoms. The van der Waals surface area contributed by atoms with Gasteiger partial charge in [0.15, 0.2) is 0 Å². The summed E-state index contributed by atoms with van der Waals surface area (Å²) in [5, 5.41) is 4.95. The van der Waals surface area contributed by atoms with Crippen molar-refractivity contribution >= 4 is 11.2 Å². The maximum Gasteiger partial charge on any atom is 0.128 e. The van der Waals surface area contributed by atoms with E-state index in [1.807, 2.05) is 16.8 Å². The molecular formula is C28H39N3O4. The summed E-state index contributed by atoms with van der Waals surface area (Å²) in [6.07, 6.45) is 5.87. The van der Waals surface area contributed by atoms with Crippen molar-refractivity contribution < 1.29 is 18.9 Å². The molecule has 1 atom stereocenters. The molecule has 1 unspecified atom stereocenters. The number of methoxy groups -OCH3 is 3. The van der Waals surface area contributed by atoms with E-state index in [-0.39, 0.29) is 6.04 Å². The van der Waals surface area contributed by atoms with Crippen LogP contribution in [0.1, 0.15) is 56.0 Å². The Morgan fingerprint density at radius 2 is 1.80 bits per heavy atom. The molecule has 0 amide bonds. The highest BCUT2D eigenvalue weighted by Crippen LogP contribution is 2.47. The lowest BCUT2D eigenvalue weighted by Crippen LogP contribution is -2.38. The number of hydrogen-bond donors (Lipinski definition) is 0. The number of ether oxygens (including phenoxy) is 4. The van der Waals surface area contributed by atoms with Gasteiger partial charge in [-0.05, 0) is 61.4 Å². The molecule has 1 fully saturated rings. The molecule has 7 heteroatoms. The number of fused-ring (bicyclic) bond motifs is 1. The van der Waals surface area contributed by atoms with Crippen LogP contribution in [0.5, 0.6) is 11.5 Å². The fourth-order valence-electron chi connectivity index (χ4n) is 5.43. The van der Waals surface area contributed by atoms with E-state index in [2.05, 4.69) is 43.0 Å². The summed E-state index contributed by atoms with van der Waals surface area (Å²) >= 11 is 0. The first-order chi connectivity index (χ1) is 17.2. The zero-order valence-corrected chi connectivity index (χ0v) is 21.8. The number of anilines is 1.